The van der Waals surface area contributed by atoms with Gasteiger partial charge in [-0.1, -0.05) is 47.8 Å². The van der Waals surface area contributed by atoms with Crippen LogP contribution in [0.4, 0.5) is 5.69 Å². The van der Waals surface area contributed by atoms with Gasteiger partial charge in [-0.2, -0.15) is 0 Å². The van der Waals surface area contributed by atoms with Gasteiger partial charge in [0.1, 0.15) is 12.6 Å². The van der Waals surface area contributed by atoms with E-state index in [1.165, 1.54) is 4.90 Å². The van der Waals surface area contributed by atoms with E-state index in [2.05, 4.69) is 5.32 Å². The molecule has 2 aromatic rings. The van der Waals surface area contributed by atoms with Crippen molar-refractivity contribution in [3.05, 3.63) is 62.6 Å². The molecule has 0 unspecified atom stereocenters. The standard InChI is InChI=1S/C24H30Cl3N3O4S/c1-6-21(24(32)28-15(2)3)29(13-17-7-9-19(26)20(27)12-17)23(31)14-30(35(5,33)34)22-10-8-18(25)11-16(22)4/h7-12,15,21H,6,13-14H2,1-5H3,(H,28,32)/t21-/m1/s1. The average Bonchev–Trinajstić information content (AvgIpc) is 2.73. The van der Waals surface area contributed by atoms with Gasteiger partial charge in [-0.15, -0.1) is 0 Å². The molecule has 35 heavy (non-hydrogen) atoms. The van der Waals surface area contributed by atoms with Crippen molar-refractivity contribution in [3.63, 3.8) is 0 Å². The maximum atomic E-state index is 13.7. The molecule has 0 heterocycles. The minimum absolute atomic E-state index is 0.0386. The lowest BCUT2D eigenvalue weighted by molar-refractivity contribution is -0.140. The van der Waals surface area contributed by atoms with Gasteiger partial charge >= 0.3 is 0 Å². The second-order valence-corrected chi connectivity index (χ2v) is 11.7. The van der Waals surface area contributed by atoms with E-state index < -0.39 is 28.5 Å². The Morgan fingerprint density at radius 1 is 1.03 bits per heavy atom. The summed E-state index contributed by atoms with van der Waals surface area (Å²) < 4.78 is 26.4. The quantitative estimate of drug-likeness (QED) is 0.439. The van der Waals surface area contributed by atoms with Gasteiger partial charge in [0.05, 0.1) is 22.0 Å². The lowest BCUT2D eigenvalue weighted by atomic mass is 10.1. The van der Waals surface area contributed by atoms with Gasteiger partial charge in [-0.25, -0.2) is 8.42 Å². The van der Waals surface area contributed by atoms with Crippen molar-refractivity contribution in [2.24, 2.45) is 0 Å². The van der Waals surface area contributed by atoms with Crippen molar-refractivity contribution < 1.29 is 18.0 Å². The molecule has 0 radical (unpaired) electrons. The summed E-state index contributed by atoms with van der Waals surface area (Å²) in [5, 5.41) is 3.96. The summed E-state index contributed by atoms with van der Waals surface area (Å²) in [6.45, 7) is 6.69. The predicted molar refractivity (Wildman–Crippen MR) is 143 cm³/mol. The zero-order valence-electron chi connectivity index (χ0n) is 20.3. The molecule has 0 saturated heterocycles. The summed E-state index contributed by atoms with van der Waals surface area (Å²) in [7, 11) is -3.84. The highest BCUT2D eigenvalue weighted by Gasteiger charge is 2.32. The number of sulfonamides is 1. The Balaban J connectivity index is 2.50. The summed E-state index contributed by atoms with van der Waals surface area (Å²) in [6.07, 6.45) is 1.35. The number of nitrogens with one attached hydrogen (secondary N) is 1. The van der Waals surface area contributed by atoms with E-state index in [1.54, 1.807) is 50.2 Å². The number of nitrogens with zero attached hydrogens (tertiary/aromatic N) is 2. The Morgan fingerprint density at radius 2 is 1.69 bits per heavy atom. The molecule has 0 aliphatic carbocycles. The molecule has 11 heteroatoms. The fraction of sp³-hybridized carbons (Fsp3) is 0.417. The second kappa shape index (κ2) is 12.3. The van der Waals surface area contributed by atoms with Gasteiger partial charge in [-0.3, -0.25) is 13.9 Å². The second-order valence-electron chi connectivity index (χ2n) is 8.56. The Hall–Kier alpha value is -2.00. The number of rotatable bonds is 10. The van der Waals surface area contributed by atoms with Crippen molar-refractivity contribution >= 4 is 62.3 Å². The number of aryl methyl sites for hydroxylation is 1. The van der Waals surface area contributed by atoms with E-state index in [-0.39, 0.29) is 18.5 Å². The summed E-state index contributed by atoms with van der Waals surface area (Å²) in [5.74, 6) is -0.869. The number of anilines is 1. The largest absolute Gasteiger partial charge is 0.352 e. The van der Waals surface area contributed by atoms with Crippen molar-refractivity contribution in [1.82, 2.24) is 10.2 Å². The zero-order chi connectivity index (χ0) is 26.5. The first kappa shape index (κ1) is 29.2. The molecule has 0 bridgehead atoms. The zero-order valence-corrected chi connectivity index (χ0v) is 23.4. The first-order chi connectivity index (χ1) is 16.2. The first-order valence-electron chi connectivity index (χ1n) is 11.0. The molecule has 2 rings (SSSR count). The fourth-order valence-electron chi connectivity index (χ4n) is 3.63. The van der Waals surface area contributed by atoms with Crippen LogP contribution in [0.5, 0.6) is 0 Å². The van der Waals surface area contributed by atoms with E-state index in [0.717, 1.165) is 10.6 Å². The van der Waals surface area contributed by atoms with Gasteiger partial charge in [0.25, 0.3) is 0 Å². The average molecular weight is 563 g/mol. The molecule has 2 amide bonds. The number of carbonyl (C=O) groups excluding carboxylic acids is 2. The summed E-state index contributed by atoms with van der Waals surface area (Å²) in [5.41, 5.74) is 1.58. The van der Waals surface area contributed by atoms with Crippen LogP contribution in [-0.2, 0) is 26.2 Å². The molecular formula is C24H30Cl3N3O4S. The summed E-state index contributed by atoms with van der Waals surface area (Å²) in [6, 6.07) is 8.71. The highest BCUT2D eigenvalue weighted by atomic mass is 35.5. The predicted octanol–water partition coefficient (Wildman–Crippen LogP) is 5.05. The van der Waals surface area contributed by atoms with E-state index in [9.17, 15) is 18.0 Å². The summed E-state index contributed by atoms with van der Waals surface area (Å²) in [4.78, 5) is 28.0. The molecule has 7 nitrogen and oxygen atoms in total. The molecular weight excluding hydrogens is 533 g/mol. The molecule has 0 spiro atoms. The van der Waals surface area contributed by atoms with Gasteiger partial charge in [0.15, 0.2) is 0 Å². The molecule has 0 aromatic heterocycles. The van der Waals surface area contributed by atoms with Crippen LogP contribution < -0.4 is 9.62 Å². The third-order valence-electron chi connectivity index (χ3n) is 5.26. The molecule has 2 aromatic carbocycles. The van der Waals surface area contributed by atoms with Crippen LogP contribution in [0.1, 0.15) is 38.3 Å². The van der Waals surface area contributed by atoms with Crippen molar-refractivity contribution in [2.45, 2.75) is 52.7 Å². The SMILES string of the molecule is CC[C@H](C(=O)NC(C)C)N(Cc1ccc(Cl)c(Cl)c1)C(=O)CN(c1ccc(Cl)cc1C)S(C)(=O)=O. The van der Waals surface area contributed by atoms with Crippen molar-refractivity contribution in [1.29, 1.82) is 0 Å². The van der Waals surface area contributed by atoms with Gasteiger partial charge in [-0.05, 0) is 68.7 Å². The van der Waals surface area contributed by atoms with Crippen LogP contribution in [0, 0.1) is 6.92 Å². The Kier molecular flexibility index (Phi) is 10.3. The van der Waals surface area contributed by atoms with E-state index in [4.69, 9.17) is 34.8 Å². The van der Waals surface area contributed by atoms with Crippen LogP contribution in [0.3, 0.4) is 0 Å². The fourth-order valence-corrected chi connectivity index (χ4v) is 5.08. The van der Waals surface area contributed by atoms with Crippen LogP contribution in [0.25, 0.3) is 0 Å². The lowest BCUT2D eigenvalue weighted by Crippen LogP contribution is -2.53. The molecule has 1 atom stereocenters. The molecule has 192 valence electrons. The highest BCUT2D eigenvalue weighted by molar-refractivity contribution is 7.92. The van der Waals surface area contributed by atoms with Crippen LogP contribution in [0.2, 0.25) is 15.1 Å². The smallest absolute Gasteiger partial charge is 0.244 e. The van der Waals surface area contributed by atoms with Crippen LogP contribution in [-0.4, -0.2) is 50.0 Å². The maximum absolute atomic E-state index is 13.7. The lowest BCUT2D eigenvalue weighted by Gasteiger charge is -2.33. The molecule has 1 N–H and O–H groups in total. The van der Waals surface area contributed by atoms with E-state index in [0.29, 0.717) is 38.3 Å². The minimum Gasteiger partial charge on any atom is -0.352 e. The normalized spacial score (nSPS) is 12.4. The Labute approximate surface area is 222 Å². The third kappa shape index (κ3) is 8.00. The summed E-state index contributed by atoms with van der Waals surface area (Å²) >= 11 is 18.2. The van der Waals surface area contributed by atoms with Crippen LogP contribution in [0.15, 0.2) is 36.4 Å². The number of hydrogen-bond acceptors (Lipinski definition) is 4. The number of halogens is 3. The number of benzene rings is 2. The highest BCUT2D eigenvalue weighted by Crippen LogP contribution is 2.27. The molecule has 0 saturated carbocycles. The van der Waals surface area contributed by atoms with Gasteiger partial charge < -0.3 is 10.2 Å². The molecule has 0 fully saturated rings. The van der Waals surface area contributed by atoms with Gasteiger partial charge in [0, 0.05) is 17.6 Å². The number of carbonyl (C=O) groups is 2. The number of hydrogen-bond donors (Lipinski definition) is 1. The molecule has 0 aliphatic heterocycles. The minimum atomic E-state index is -3.84. The third-order valence-corrected chi connectivity index (χ3v) is 7.36. The monoisotopic (exact) mass is 561 g/mol. The van der Waals surface area contributed by atoms with Crippen molar-refractivity contribution in [2.75, 3.05) is 17.1 Å². The van der Waals surface area contributed by atoms with E-state index in [1.807, 2.05) is 13.8 Å². The maximum Gasteiger partial charge on any atom is 0.244 e. The molecule has 0 aliphatic rings. The van der Waals surface area contributed by atoms with Crippen LogP contribution >= 0.6 is 34.8 Å². The number of amides is 2. The Morgan fingerprint density at radius 3 is 2.20 bits per heavy atom. The van der Waals surface area contributed by atoms with Gasteiger partial charge in [0.2, 0.25) is 21.8 Å². The van der Waals surface area contributed by atoms with Crippen molar-refractivity contribution in [3.8, 4) is 0 Å². The topological polar surface area (TPSA) is 86.8 Å². The van der Waals surface area contributed by atoms with E-state index >= 15 is 0 Å². The first-order valence-corrected chi connectivity index (χ1v) is 14.0. The Bertz CT molecular complexity index is 1190.